The van der Waals surface area contributed by atoms with E-state index in [1.54, 1.807) is 0 Å². The van der Waals surface area contributed by atoms with Gasteiger partial charge < -0.3 is 10.2 Å². The minimum atomic E-state index is 0.000509. The van der Waals surface area contributed by atoms with Crippen molar-refractivity contribution >= 4 is 0 Å². The first-order valence-corrected chi connectivity index (χ1v) is 5.61. The van der Waals surface area contributed by atoms with Crippen molar-refractivity contribution in [2.75, 3.05) is 20.1 Å². The molecule has 1 rings (SSSR count). The van der Waals surface area contributed by atoms with Crippen LogP contribution in [-0.2, 0) is 0 Å². The van der Waals surface area contributed by atoms with E-state index in [1.807, 2.05) is 0 Å². The quantitative estimate of drug-likeness (QED) is 0.695. The lowest BCUT2D eigenvalue weighted by Gasteiger charge is -2.35. The van der Waals surface area contributed by atoms with E-state index in [0.717, 1.165) is 25.6 Å². The molecule has 0 aromatic heterocycles. The second-order valence-electron chi connectivity index (χ2n) is 4.16. The van der Waals surface area contributed by atoms with Gasteiger partial charge in [-0.3, -0.25) is 0 Å². The maximum absolute atomic E-state index is 8.93. The van der Waals surface area contributed by atoms with Gasteiger partial charge >= 0.3 is 0 Å². The highest BCUT2D eigenvalue weighted by atomic mass is 15.2. The van der Waals surface area contributed by atoms with Crippen LogP contribution in [0.5, 0.6) is 0 Å². The third-order valence-electron chi connectivity index (χ3n) is 2.97. The Kier molecular flexibility index (Phi) is 4.92. The highest BCUT2D eigenvalue weighted by Crippen LogP contribution is 2.23. The molecule has 0 heterocycles. The van der Waals surface area contributed by atoms with Crippen LogP contribution in [0.25, 0.3) is 0 Å². The molecule has 1 unspecified atom stereocenters. The van der Waals surface area contributed by atoms with Gasteiger partial charge in [0.05, 0.1) is 6.07 Å². The molecule has 0 saturated heterocycles. The molecule has 3 nitrogen and oxygen atoms in total. The Morgan fingerprint density at radius 2 is 2.29 bits per heavy atom. The number of likely N-dealkylation sites (N-methyl/N-ethyl adjacent to an activating group) is 1. The first-order chi connectivity index (χ1) is 6.77. The second-order valence-corrected chi connectivity index (χ2v) is 4.16. The lowest BCUT2D eigenvalue weighted by atomic mass is 9.91. The van der Waals surface area contributed by atoms with Crippen molar-refractivity contribution in [2.45, 2.75) is 44.7 Å². The van der Waals surface area contributed by atoms with Gasteiger partial charge in [0.25, 0.3) is 0 Å². The molecule has 1 saturated carbocycles. The van der Waals surface area contributed by atoms with E-state index in [9.17, 15) is 0 Å². The third kappa shape index (κ3) is 3.28. The molecule has 1 N–H and O–H groups in total. The van der Waals surface area contributed by atoms with Gasteiger partial charge in [-0.25, -0.2) is 0 Å². The van der Waals surface area contributed by atoms with Crippen molar-refractivity contribution in [3.8, 4) is 6.07 Å². The van der Waals surface area contributed by atoms with E-state index in [2.05, 4.69) is 30.3 Å². The van der Waals surface area contributed by atoms with Crippen LogP contribution in [-0.4, -0.2) is 37.1 Å². The molecule has 0 bridgehead atoms. The van der Waals surface area contributed by atoms with E-state index in [1.165, 1.54) is 19.3 Å². The predicted molar refractivity (Wildman–Crippen MR) is 58.0 cm³/mol. The van der Waals surface area contributed by atoms with E-state index >= 15 is 0 Å². The van der Waals surface area contributed by atoms with Crippen LogP contribution in [0.3, 0.4) is 0 Å². The standard InChI is InChI=1S/C11H21N3/c1-3-7-13-10(8-12)9-14(2)11-5-4-6-11/h10-11,13H,3-7,9H2,1-2H3. The average Bonchev–Trinajstić information content (AvgIpc) is 2.09. The van der Waals surface area contributed by atoms with Crippen molar-refractivity contribution in [1.29, 1.82) is 5.26 Å². The fraction of sp³-hybridized carbons (Fsp3) is 0.909. The fourth-order valence-electron chi connectivity index (χ4n) is 1.73. The smallest absolute Gasteiger partial charge is 0.108 e. The first-order valence-electron chi connectivity index (χ1n) is 5.61. The van der Waals surface area contributed by atoms with E-state index in [4.69, 9.17) is 5.26 Å². The Morgan fingerprint density at radius 1 is 1.57 bits per heavy atom. The molecule has 0 aliphatic heterocycles. The monoisotopic (exact) mass is 195 g/mol. The summed E-state index contributed by atoms with van der Waals surface area (Å²) in [7, 11) is 2.13. The van der Waals surface area contributed by atoms with Gasteiger partial charge in [0.2, 0.25) is 0 Å². The topological polar surface area (TPSA) is 39.1 Å². The molecule has 0 radical (unpaired) electrons. The molecule has 3 heteroatoms. The van der Waals surface area contributed by atoms with Crippen LogP contribution >= 0.6 is 0 Å². The van der Waals surface area contributed by atoms with Gasteiger partial charge in [0.15, 0.2) is 0 Å². The van der Waals surface area contributed by atoms with Crippen LogP contribution in [0.4, 0.5) is 0 Å². The molecule has 80 valence electrons. The molecule has 1 fully saturated rings. The van der Waals surface area contributed by atoms with Crippen LogP contribution in [0, 0.1) is 11.3 Å². The lowest BCUT2D eigenvalue weighted by molar-refractivity contribution is 0.153. The summed E-state index contributed by atoms with van der Waals surface area (Å²) in [6, 6.07) is 3.05. The van der Waals surface area contributed by atoms with Crippen LogP contribution < -0.4 is 5.32 Å². The first kappa shape index (κ1) is 11.5. The minimum Gasteiger partial charge on any atom is -0.301 e. The maximum Gasteiger partial charge on any atom is 0.108 e. The van der Waals surface area contributed by atoms with Crippen molar-refractivity contribution in [2.24, 2.45) is 0 Å². The molecule has 0 spiro atoms. The summed E-state index contributed by atoms with van der Waals surface area (Å²) in [6.45, 7) is 3.93. The Bertz CT molecular complexity index is 193. The Labute approximate surface area is 87.1 Å². The van der Waals surface area contributed by atoms with Gasteiger partial charge in [-0.2, -0.15) is 5.26 Å². The number of nitrogens with one attached hydrogen (secondary N) is 1. The summed E-state index contributed by atoms with van der Waals surface area (Å²) < 4.78 is 0. The summed E-state index contributed by atoms with van der Waals surface area (Å²) in [5, 5.41) is 12.2. The fourth-order valence-corrected chi connectivity index (χ4v) is 1.73. The van der Waals surface area contributed by atoms with Gasteiger partial charge in [-0.05, 0) is 32.9 Å². The minimum absolute atomic E-state index is 0.000509. The zero-order chi connectivity index (χ0) is 10.4. The molecule has 0 amide bonds. The molecule has 1 atom stereocenters. The van der Waals surface area contributed by atoms with Crippen molar-refractivity contribution in [3.05, 3.63) is 0 Å². The Balaban J connectivity index is 2.21. The largest absolute Gasteiger partial charge is 0.301 e. The Hall–Kier alpha value is -0.590. The molecular weight excluding hydrogens is 174 g/mol. The normalized spacial score (nSPS) is 19.0. The number of nitrogens with zero attached hydrogens (tertiary/aromatic N) is 2. The van der Waals surface area contributed by atoms with Gasteiger partial charge in [-0.15, -0.1) is 0 Å². The molecule has 1 aliphatic rings. The Morgan fingerprint density at radius 3 is 2.71 bits per heavy atom. The second kappa shape index (κ2) is 6.00. The van der Waals surface area contributed by atoms with Gasteiger partial charge in [0, 0.05) is 12.6 Å². The van der Waals surface area contributed by atoms with E-state index in [-0.39, 0.29) is 6.04 Å². The number of hydrogen-bond acceptors (Lipinski definition) is 3. The maximum atomic E-state index is 8.93. The van der Waals surface area contributed by atoms with Crippen LogP contribution in [0.2, 0.25) is 0 Å². The highest BCUT2D eigenvalue weighted by Gasteiger charge is 2.23. The molecule has 14 heavy (non-hydrogen) atoms. The lowest BCUT2D eigenvalue weighted by Crippen LogP contribution is -2.45. The summed E-state index contributed by atoms with van der Waals surface area (Å²) in [6.07, 6.45) is 5.06. The van der Waals surface area contributed by atoms with Crippen molar-refractivity contribution in [3.63, 3.8) is 0 Å². The van der Waals surface area contributed by atoms with Gasteiger partial charge in [-0.1, -0.05) is 13.3 Å². The zero-order valence-corrected chi connectivity index (χ0v) is 9.29. The highest BCUT2D eigenvalue weighted by molar-refractivity contribution is 4.93. The molecule has 0 aromatic rings. The van der Waals surface area contributed by atoms with Crippen LogP contribution in [0.15, 0.2) is 0 Å². The molecule has 0 aromatic carbocycles. The number of rotatable bonds is 6. The predicted octanol–water partition coefficient (Wildman–Crippen LogP) is 1.36. The summed E-state index contributed by atoms with van der Waals surface area (Å²) >= 11 is 0. The number of hydrogen-bond donors (Lipinski definition) is 1. The summed E-state index contributed by atoms with van der Waals surface area (Å²) in [4.78, 5) is 2.32. The third-order valence-corrected chi connectivity index (χ3v) is 2.97. The van der Waals surface area contributed by atoms with E-state index in [0.29, 0.717) is 0 Å². The SMILES string of the molecule is CCCNC(C#N)CN(C)C1CCC1. The van der Waals surface area contributed by atoms with Gasteiger partial charge in [0.1, 0.15) is 6.04 Å². The zero-order valence-electron chi connectivity index (χ0n) is 9.29. The van der Waals surface area contributed by atoms with Crippen molar-refractivity contribution in [1.82, 2.24) is 10.2 Å². The molecule has 1 aliphatic carbocycles. The number of nitriles is 1. The van der Waals surface area contributed by atoms with Crippen molar-refractivity contribution < 1.29 is 0 Å². The summed E-state index contributed by atoms with van der Waals surface area (Å²) in [5.74, 6) is 0. The average molecular weight is 195 g/mol. The summed E-state index contributed by atoms with van der Waals surface area (Å²) in [5.41, 5.74) is 0. The van der Waals surface area contributed by atoms with Crippen LogP contribution in [0.1, 0.15) is 32.6 Å². The molecular formula is C11H21N3. The van der Waals surface area contributed by atoms with E-state index < -0.39 is 0 Å².